The molecule has 0 spiro atoms. The molecule has 0 fully saturated rings. The van der Waals surface area contributed by atoms with Crippen molar-refractivity contribution < 1.29 is 17.8 Å². The summed E-state index contributed by atoms with van der Waals surface area (Å²) in [5, 5.41) is 0. The summed E-state index contributed by atoms with van der Waals surface area (Å²) >= 11 is 0. The molecule has 4 nitrogen and oxygen atoms in total. The molecule has 0 aliphatic heterocycles. The lowest BCUT2D eigenvalue weighted by Gasteiger charge is -1.91. The molecule has 0 heterocycles. The van der Waals surface area contributed by atoms with Gasteiger partial charge in [-0.2, -0.15) is 8.42 Å². The minimum Gasteiger partial charge on any atom is -0.298 e. The van der Waals surface area contributed by atoms with Gasteiger partial charge in [-0.05, 0) is 0 Å². The van der Waals surface area contributed by atoms with Crippen molar-refractivity contribution in [3.05, 3.63) is 12.7 Å². The second-order valence-electron chi connectivity index (χ2n) is 1.76. The summed E-state index contributed by atoms with van der Waals surface area (Å²) in [6.45, 7) is 3.23. The second-order valence-corrected chi connectivity index (χ2v) is 3.21. The van der Waals surface area contributed by atoms with Gasteiger partial charge in [-0.25, -0.2) is 0 Å². The molecule has 5 heteroatoms. The Labute approximate surface area is 59.3 Å². The van der Waals surface area contributed by atoms with Crippen LogP contribution in [0.5, 0.6) is 0 Å². The van der Waals surface area contributed by atoms with Crippen molar-refractivity contribution in [3.63, 3.8) is 0 Å². The standard InChI is InChI=1S/C5H8O4S/c1-2-3-5(6)4-10(7,8)9/h2H,1,3-4H2,(H,7,8,9). The molecule has 0 aliphatic carbocycles. The van der Waals surface area contributed by atoms with E-state index in [0.717, 1.165) is 0 Å². The van der Waals surface area contributed by atoms with Crippen LogP contribution in [0.4, 0.5) is 0 Å². The van der Waals surface area contributed by atoms with Gasteiger partial charge in [-0.1, -0.05) is 6.08 Å². The molecule has 0 aromatic heterocycles. The molecule has 0 radical (unpaired) electrons. The number of ketones is 1. The number of rotatable bonds is 4. The normalized spacial score (nSPS) is 10.9. The van der Waals surface area contributed by atoms with Gasteiger partial charge in [-0.15, -0.1) is 6.58 Å². The average Bonchev–Trinajstić information content (AvgIpc) is 1.59. The molecule has 0 unspecified atom stereocenters. The molecule has 0 aliphatic rings. The van der Waals surface area contributed by atoms with Gasteiger partial charge in [0.05, 0.1) is 0 Å². The zero-order valence-corrected chi connectivity index (χ0v) is 6.10. The van der Waals surface area contributed by atoms with Crippen LogP contribution in [-0.2, 0) is 14.9 Å². The highest BCUT2D eigenvalue weighted by atomic mass is 32.2. The van der Waals surface area contributed by atoms with E-state index in [0.29, 0.717) is 0 Å². The molecule has 58 valence electrons. The lowest BCUT2D eigenvalue weighted by molar-refractivity contribution is -0.115. The van der Waals surface area contributed by atoms with Crippen LogP contribution in [0.3, 0.4) is 0 Å². The molecule has 0 aromatic rings. The van der Waals surface area contributed by atoms with Gasteiger partial charge in [0.2, 0.25) is 0 Å². The average molecular weight is 164 g/mol. The maximum atomic E-state index is 10.4. The molecular weight excluding hydrogens is 156 g/mol. The highest BCUT2D eigenvalue weighted by molar-refractivity contribution is 7.86. The predicted octanol–water partition coefficient (Wildman–Crippen LogP) is 0.0194. The van der Waals surface area contributed by atoms with Crippen LogP contribution < -0.4 is 0 Å². The van der Waals surface area contributed by atoms with Crippen molar-refractivity contribution in [2.45, 2.75) is 6.42 Å². The minimum absolute atomic E-state index is 0.0280. The number of carbonyl (C=O) groups is 1. The van der Waals surface area contributed by atoms with Crippen molar-refractivity contribution in [2.75, 3.05) is 5.75 Å². The Hall–Kier alpha value is -0.680. The van der Waals surface area contributed by atoms with Gasteiger partial charge < -0.3 is 0 Å². The molecule has 0 rings (SSSR count). The van der Waals surface area contributed by atoms with Crippen molar-refractivity contribution in [3.8, 4) is 0 Å². The highest BCUT2D eigenvalue weighted by Gasteiger charge is 2.10. The Morgan fingerprint density at radius 1 is 1.60 bits per heavy atom. The molecule has 10 heavy (non-hydrogen) atoms. The van der Waals surface area contributed by atoms with E-state index < -0.39 is 21.7 Å². The summed E-state index contributed by atoms with van der Waals surface area (Å²) in [6, 6.07) is 0. The van der Waals surface area contributed by atoms with Crippen molar-refractivity contribution in [2.24, 2.45) is 0 Å². The molecule has 1 N–H and O–H groups in total. The Morgan fingerprint density at radius 2 is 2.10 bits per heavy atom. The van der Waals surface area contributed by atoms with Crippen LogP contribution >= 0.6 is 0 Å². The van der Waals surface area contributed by atoms with E-state index in [1.54, 1.807) is 0 Å². The van der Waals surface area contributed by atoms with Gasteiger partial charge in [-0.3, -0.25) is 9.35 Å². The Morgan fingerprint density at radius 3 is 2.40 bits per heavy atom. The first kappa shape index (κ1) is 9.32. The van der Waals surface area contributed by atoms with E-state index in [1.165, 1.54) is 6.08 Å². The number of hydrogen-bond acceptors (Lipinski definition) is 3. The largest absolute Gasteiger partial charge is 0.298 e. The lowest BCUT2D eigenvalue weighted by Crippen LogP contribution is -2.13. The molecule has 0 saturated heterocycles. The molecule has 0 amide bonds. The number of Topliss-reactive ketones (excluding diaryl/α,β-unsaturated/α-hetero) is 1. The summed E-state index contributed by atoms with van der Waals surface area (Å²) in [6.07, 6.45) is 1.26. The molecule has 0 bridgehead atoms. The van der Waals surface area contributed by atoms with Gasteiger partial charge in [0.25, 0.3) is 10.1 Å². The third kappa shape index (κ3) is 5.46. The van der Waals surface area contributed by atoms with Crippen molar-refractivity contribution in [1.29, 1.82) is 0 Å². The molecule has 0 aromatic carbocycles. The number of allylic oxidation sites excluding steroid dienone is 1. The van der Waals surface area contributed by atoms with Crippen LogP contribution in [0.1, 0.15) is 6.42 Å². The number of carbonyl (C=O) groups excluding carboxylic acids is 1. The lowest BCUT2D eigenvalue weighted by atomic mass is 10.3. The quantitative estimate of drug-likeness (QED) is 0.469. The Balaban J connectivity index is 3.93. The molecule has 0 saturated carbocycles. The van der Waals surface area contributed by atoms with E-state index in [-0.39, 0.29) is 6.42 Å². The molecular formula is C5H8O4S. The monoisotopic (exact) mass is 164 g/mol. The number of hydrogen-bond donors (Lipinski definition) is 1. The van der Waals surface area contributed by atoms with Crippen LogP contribution in [-0.4, -0.2) is 24.5 Å². The Kier molecular flexibility index (Phi) is 3.24. The van der Waals surface area contributed by atoms with Gasteiger partial charge >= 0.3 is 0 Å². The fourth-order valence-electron chi connectivity index (χ4n) is 0.423. The van der Waals surface area contributed by atoms with E-state index in [2.05, 4.69) is 6.58 Å². The zero-order chi connectivity index (χ0) is 8.20. The van der Waals surface area contributed by atoms with Crippen molar-refractivity contribution >= 4 is 15.9 Å². The first-order valence-electron chi connectivity index (χ1n) is 2.53. The summed E-state index contributed by atoms with van der Waals surface area (Å²) in [5.74, 6) is -1.38. The molecule has 0 atom stereocenters. The second kappa shape index (κ2) is 3.48. The fourth-order valence-corrected chi connectivity index (χ4v) is 0.948. The topological polar surface area (TPSA) is 71.4 Å². The van der Waals surface area contributed by atoms with E-state index in [1.807, 2.05) is 0 Å². The van der Waals surface area contributed by atoms with Crippen molar-refractivity contribution in [1.82, 2.24) is 0 Å². The van der Waals surface area contributed by atoms with E-state index in [9.17, 15) is 13.2 Å². The maximum absolute atomic E-state index is 10.4. The highest BCUT2D eigenvalue weighted by Crippen LogP contribution is 1.89. The van der Waals surface area contributed by atoms with Crippen LogP contribution in [0.15, 0.2) is 12.7 Å². The SMILES string of the molecule is C=CCC(=O)CS(=O)(=O)O. The minimum atomic E-state index is -4.14. The zero-order valence-electron chi connectivity index (χ0n) is 5.28. The predicted molar refractivity (Wildman–Crippen MR) is 36.2 cm³/mol. The fraction of sp³-hybridized carbons (Fsp3) is 0.400. The third-order valence-corrected chi connectivity index (χ3v) is 1.40. The maximum Gasteiger partial charge on any atom is 0.272 e. The van der Waals surface area contributed by atoms with Crippen LogP contribution in [0, 0.1) is 0 Å². The van der Waals surface area contributed by atoms with Crippen LogP contribution in [0.2, 0.25) is 0 Å². The third-order valence-electron chi connectivity index (χ3n) is 0.715. The van der Waals surface area contributed by atoms with Gasteiger partial charge in [0, 0.05) is 6.42 Å². The summed E-state index contributed by atoms with van der Waals surface area (Å²) in [4.78, 5) is 10.4. The van der Waals surface area contributed by atoms with E-state index >= 15 is 0 Å². The van der Waals surface area contributed by atoms with Gasteiger partial charge in [0.1, 0.15) is 5.75 Å². The van der Waals surface area contributed by atoms with E-state index in [4.69, 9.17) is 4.55 Å². The van der Waals surface area contributed by atoms with Gasteiger partial charge in [0.15, 0.2) is 5.78 Å². The first-order chi connectivity index (χ1) is 4.45. The summed E-state index contributed by atoms with van der Waals surface area (Å²) < 4.78 is 28.2. The first-order valence-corrected chi connectivity index (χ1v) is 4.14. The summed E-state index contributed by atoms with van der Waals surface area (Å²) in [7, 11) is -4.14. The smallest absolute Gasteiger partial charge is 0.272 e. The van der Waals surface area contributed by atoms with Crippen LogP contribution in [0.25, 0.3) is 0 Å². The summed E-state index contributed by atoms with van der Waals surface area (Å²) in [5.41, 5.74) is 0. The Bertz CT molecular complexity index is 226.